The number of benzene rings is 3. The van der Waals surface area contributed by atoms with E-state index in [0.29, 0.717) is 28.2 Å². The largest absolute Gasteiger partial charge is 0.497 e. The van der Waals surface area contributed by atoms with Crippen molar-refractivity contribution in [2.45, 2.75) is 36.6 Å². The van der Waals surface area contributed by atoms with Crippen molar-refractivity contribution in [3.63, 3.8) is 0 Å². The van der Waals surface area contributed by atoms with Crippen molar-refractivity contribution in [3.8, 4) is 11.5 Å². The Morgan fingerprint density at radius 2 is 1.66 bits per heavy atom. The minimum Gasteiger partial charge on any atom is -0.497 e. The molecule has 5 atom stereocenters. The third kappa shape index (κ3) is 3.82. The van der Waals surface area contributed by atoms with Crippen LogP contribution in [-0.4, -0.2) is 41.1 Å². The van der Waals surface area contributed by atoms with Crippen molar-refractivity contribution >= 4 is 11.7 Å². The zero-order valence-electron chi connectivity index (χ0n) is 20.6. The topological polar surface area (TPSA) is 143 Å². The van der Waals surface area contributed by atoms with Crippen LogP contribution in [0.1, 0.15) is 41.7 Å². The molecule has 38 heavy (non-hydrogen) atoms. The predicted octanol–water partition coefficient (Wildman–Crippen LogP) is 4.11. The Hall–Kier alpha value is -4.51. The van der Waals surface area contributed by atoms with Crippen LogP contribution in [0, 0.1) is 20.2 Å². The number of esters is 1. The van der Waals surface area contributed by atoms with E-state index in [2.05, 4.69) is 5.32 Å². The number of fused-ring (bicyclic) bond motifs is 3. The number of nitro benzene ring substituents is 1. The summed E-state index contributed by atoms with van der Waals surface area (Å²) in [6, 6.07) is 17.1. The fourth-order valence-corrected chi connectivity index (χ4v) is 5.68. The number of nitrogens with zero attached hydrogens (tertiary/aromatic N) is 2. The molecule has 0 radical (unpaired) electrons. The molecule has 3 aromatic rings. The molecule has 2 heterocycles. The fraction of sp³-hybridized carbons (Fsp3) is 0.296. The van der Waals surface area contributed by atoms with Crippen LogP contribution >= 0.6 is 0 Å². The second-order valence-corrected chi connectivity index (χ2v) is 9.11. The minimum absolute atomic E-state index is 0.104. The number of ether oxygens (including phenoxy) is 3. The first kappa shape index (κ1) is 25.2. The van der Waals surface area contributed by atoms with E-state index in [4.69, 9.17) is 14.2 Å². The molecule has 11 heteroatoms. The molecule has 196 valence electrons. The lowest BCUT2D eigenvalue weighted by atomic mass is 9.67. The molecule has 0 spiro atoms. The SMILES string of the molecule is CCOC(=O)C1NC(c2ccc(OC)cc2)C2([N+](=O)[O-])C(c3ccc([N+](=O)[O-])cc3)Oc3ccccc3C12. The Kier molecular flexibility index (Phi) is 6.45. The van der Waals surface area contributed by atoms with Crippen LogP contribution in [0.25, 0.3) is 0 Å². The van der Waals surface area contributed by atoms with Crippen LogP contribution in [0.3, 0.4) is 0 Å². The van der Waals surface area contributed by atoms with E-state index in [0.717, 1.165) is 0 Å². The molecule has 2 aliphatic heterocycles. The number of nitro groups is 2. The highest BCUT2D eigenvalue weighted by Gasteiger charge is 2.74. The number of hydrogen-bond acceptors (Lipinski definition) is 9. The highest BCUT2D eigenvalue weighted by atomic mass is 16.6. The molecule has 2 aliphatic rings. The van der Waals surface area contributed by atoms with Crippen molar-refractivity contribution in [2.75, 3.05) is 13.7 Å². The quantitative estimate of drug-likeness (QED) is 0.277. The van der Waals surface area contributed by atoms with Gasteiger partial charge in [0.2, 0.25) is 0 Å². The number of rotatable bonds is 7. The summed E-state index contributed by atoms with van der Waals surface area (Å²) in [6.07, 6.45) is -1.20. The predicted molar refractivity (Wildman–Crippen MR) is 135 cm³/mol. The number of nitrogens with one attached hydrogen (secondary N) is 1. The number of non-ortho nitro benzene ring substituents is 1. The lowest BCUT2D eigenvalue weighted by Gasteiger charge is -2.42. The van der Waals surface area contributed by atoms with Crippen LogP contribution in [-0.2, 0) is 9.53 Å². The second-order valence-electron chi connectivity index (χ2n) is 9.11. The molecule has 1 saturated heterocycles. The molecule has 1 fully saturated rings. The molecule has 1 N–H and O–H groups in total. The average molecular weight is 520 g/mol. The normalized spacial score (nSPS) is 25.4. The Morgan fingerprint density at radius 3 is 2.26 bits per heavy atom. The molecule has 5 unspecified atom stereocenters. The van der Waals surface area contributed by atoms with Gasteiger partial charge in [0.15, 0.2) is 6.10 Å². The molecule has 0 amide bonds. The van der Waals surface area contributed by atoms with Crippen molar-refractivity contribution in [3.05, 3.63) is 110 Å². The number of para-hydroxylation sites is 1. The number of carbonyl (C=O) groups excluding carboxylic acids is 1. The fourth-order valence-electron chi connectivity index (χ4n) is 5.68. The van der Waals surface area contributed by atoms with Gasteiger partial charge in [-0.1, -0.05) is 30.3 Å². The molecular formula is C27H25N3O8. The van der Waals surface area contributed by atoms with Crippen molar-refractivity contribution in [1.82, 2.24) is 5.32 Å². The number of methoxy groups -OCH3 is 1. The van der Waals surface area contributed by atoms with Gasteiger partial charge in [-0.3, -0.25) is 30.3 Å². The Morgan fingerprint density at radius 1 is 1.00 bits per heavy atom. The van der Waals surface area contributed by atoms with E-state index in [9.17, 15) is 25.0 Å². The molecule has 0 bridgehead atoms. The first-order valence-corrected chi connectivity index (χ1v) is 12.0. The first-order chi connectivity index (χ1) is 18.3. The maximum absolute atomic E-state index is 13.4. The van der Waals surface area contributed by atoms with E-state index in [1.54, 1.807) is 55.5 Å². The summed E-state index contributed by atoms with van der Waals surface area (Å²) in [7, 11) is 1.52. The molecular weight excluding hydrogens is 494 g/mol. The smallest absolute Gasteiger partial charge is 0.324 e. The first-order valence-electron chi connectivity index (χ1n) is 12.0. The standard InChI is InChI=1S/C27H25N3O8/c1-3-37-26(31)23-22-20-6-4-5-7-21(20)38-25(17-8-12-18(13-9-17)29(32)33)27(22,30(34)35)24(28-23)16-10-14-19(36-2)15-11-16/h4-15,22-25,28H,3H2,1-2H3. The van der Waals surface area contributed by atoms with Gasteiger partial charge in [-0.15, -0.1) is 0 Å². The van der Waals surface area contributed by atoms with Gasteiger partial charge in [-0.05, 0) is 42.8 Å². The molecule has 0 aromatic heterocycles. The molecule has 0 saturated carbocycles. The third-order valence-corrected chi connectivity index (χ3v) is 7.27. The molecule has 0 aliphatic carbocycles. The van der Waals surface area contributed by atoms with Gasteiger partial charge in [0.05, 0.1) is 24.6 Å². The average Bonchev–Trinajstić information content (AvgIpc) is 3.31. The highest BCUT2D eigenvalue weighted by Crippen LogP contribution is 2.60. The van der Waals surface area contributed by atoms with Gasteiger partial charge in [-0.2, -0.15) is 0 Å². The van der Waals surface area contributed by atoms with Crippen LogP contribution < -0.4 is 14.8 Å². The van der Waals surface area contributed by atoms with E-state index in [1.807, 2.05) is 0 Å². The monoisotopic (exact) mass is 519 g/mol. The van der Waals surface area contributed by atoms with Gasteiger partial charge in [0.25, 0.3) is 11.2 Å². The van der Waals surface area contributed by atoms with E-state index in [1.165, 1.54) is 31.4 Å². The molecule has 5 rings (SSSR count). The van der Waals surface area contributed by atoms with Crippen LogP contribution in [0.15, 0.2) is 72.8 Å². The van der Waals surface area contributed by atoms with Gasteiger partial charge in [0, 0.05) is 28.2 Å². The van der Waals surface area contributed by atoms with Crippen LogP contribution in [0.4, 0.5) is 5.69 Å². The van der Waals surface area contributed by atoms with Crippen molar-refractivity contribution in [1.29, 1.82) is 0 Å². The summed E-state index contributed by atoms with van der Waals surface area (Å²) in [5, 5.41) is 27.8. The van der Waals surface area contributed by atoms with Crippen molar-refractivity contribution in [2.24, 2.45) is 0 Å². The lowest BCUT2D eigenvalue weighted by Crippen LogP contribution is -2.56. The minimum atomic E-state index is -1.92. The summed E-state index contributed by atoms with van der Waals surface area (Å²) >= 11 is 0. The zero-order valence-corrected chi connectivity index (χ0v) is 20.6. The van der Waals surface area contributed by atoms with E-state index < -0.39 is 40.5 Å². The van der Waals surface area contributed by atoms with Gasteiger partial charge >= 0.3 is 5.97 Å². The van der Waals surface area contributed by atoms with Gasteiger partial charge in [-0.25, -0.2) is 0 Å². The maximum Gasteiger partial charge on any atom is 0.324 e. The Labute approximate surface area is 217 Å². The molecule has 3 aromatic carbocycles. The lowest BCUT2D eigenvalue weighted by molar-refractivity contribution is -0.591. The second kappa shape index (κ2) is 9.75. The van der Waals surface area contributed by atoms with Gasteiger partial charge in [0.1, 0.15) is 23.6 Å². The van der Waals surface area contributed by atoms with E-state index >= 15 is 0 Å². The number of carbonyl (C=O) groups is 1. The molecule has 11 nitrogen and oxygen atoms in total. The highest BCUT2D eigenvalue weighted by molar-refractivity contribution is 5.79. The van der Waals surface area contributed by atoms with Crippen LogP contribution in [0.5, 0.6) is 11.5 Å². The Balaban J connectivity index is 1.77. The van der Waals surface area contributed by atoms with Crippen molar-refractivity contribution < 1.29 is 28.9 Å². The summed E-state index contributed by atoms with van der Waals surface area (Å²) in [4.78, 5) is 37.0. The maximum atomic E-state index is 13.4. The zero-order chi connectivity index (χ0) is 27.0. The summed E-state index contributed by atoms with van der Waals surface area (Å²) < 4.78 is 17.0. The summed E-state index contributed by atoms with van der Waals surface area (Å²) in [5.74, 6) is -0.630. The summed E-state index contributed by atoms with van der Waals surface area (Å²) in [6.45, 7) is 1.78. The number of hydrogen-bond donors (Lipinski definition) is 1. The van der Waals surface area contributed by atoms with E-state index in [-0.39, 0.29) is 17.2 Å². The summed E-state index contributed by atoms with van der Waals surface area (Å²) in [5.41, 5.74) is -0.650. The van der Waals surface area contributed by atoms with Gasteiger partial charge < -0.3 is 14.2 Å². The third-order valence-electron chi connectivity index (χ3n) is 7.27. The Bertz CT molecular complexity index is 1380. The van der Waals surface area contributed by atoms with Crippen LogP contribution in [0.2, 0.25) is 0 Å².